The predicted octanol–water partition coefficient (Wildman–Crippen LogP) is 5.01. The second kappa shape index (κ2) is 6.49. The molecule has 0 atom stereocenters. The number of anilines is 1. The van der Waals surface area contributed by atoms with Gasteiger partial charge in [0.25, 0.3) is 0 Å². The van der Waals surface area contributed by atoms with E-state index in [0.29, 0.717) is 0 Å². The van der Waals surface area contributed by atoms with Gasteiger partial charge in [-0.05, 0) is 48.6 Å². The fourth-order valence-electron chi connectivity index (χ4n) is 2.20. The SMILES string of the molecule is Cc1cc(C)cc(S)c1.Nc1cccc2ccccc12. The highest BCUT2D eigenvalue weighted by molar-refractivity contribution is 7.80. The van der Waals surface area contributed by atoms with Crippen LogP contribution in [-0.2, 0) is 0 Å². The van der Waals surface area contributed by atoms with Gasteiger partial charge in [0, 0.05) is 16.0 Å². The molecular weight excluding hydrogens is 262 g/mol. The zero-order chi connectivity index (χ0) is 14.5. The molecule has 102 valence electrons. The van der Waals surface area contributed by atoms with Crippen LogP contribution in [0.5, 0.6) is 0 Å². The van der Waals surface area contributed by atoms with Gasteiger partial charge in [-0.1, -0.05) is 42.5 Å². The summed E-state index contributed by atoms with van der Waals surface area (Å²) in [5.41, 5.74) is 9.16. The van der Waals surface area contributed by atoms with Crippen molar-refractivity contribution in [2.45, 2.75) is 18.7 Å². The smallest absolute Gasteiger partial charge is 0.0393 e. The summed E-state index contributed by atoms with van der Waals surface area (Å²) < 4.78 is 0. The average Bonchev–Trinajstić information content (AvgIpc) is 2.38. The van der Waals surface area contributed by atoms with E-state index in [1.807, 2.05) is 30.3 Å². The topological polar surface area (TPSA) is 26.0 Å². The maximum atomic E-state index is 5.76. The van der Waals surface area contributed by atoms with Gasteiger partial charge in [-0.15, -0.1) is 12.6 Å². The predicted molar refractivity (Wildman–Crippen MR) is 91.5 cm³/mol. The molecule has 1 nitrogen and oxygen atoms in total. The highest BCUT2D eigenvalue weighted by Gasteiger charge is 1.92. The van der Waals surface area contributed by atoms with Crippen LogP contribution in [0.15, 0.2) is 65.6 Å². The number of fused-ring (bicyclic) bond motifs is 1. The summed E-state index contributed by atoms with van der Waals surface area (Å²) in [5.74, 6) is 0. The monoisotopic (exact) mass is 281 g/mol. The van der Waals surface area contributed by atoms with Gasteiger partial charge in [0.1, 0.15) is 0 Å². The van der Waals surface area contributed by atoms with E-state index in [1.54, 1.807) is 0 Å². The number of hydrogen-bond donors (Lipinski definition) is 2. The van der Waals surface area contributed by atoms with Crippen LogP contribution < -0.4 is 5.73 Å². The Kier molecular flexibility index (Phi) is 4.70. The number of benzene rings is 3. The molecule has 0 bridgehead atoms. The Morgan fingerprint density at radius 2 is 1.40 bits per heavy atom. The van der Waals surface area contributed by atoms with Crippen LogP contribution in [0.2, 0.25) is 0 Å². The fourth-order valence-corrected chi connectivity index (χ4v) is 2.61. The van der Waals surface area contributed by atoms with Crippen molar-refractivity contribution >= 4 is 29.1 Å². The Bertz CT molecular complexity index is 664. The van der Waals surface area contributed by atoms with Crippen LogP contribution in [0, 0.1) is 13.8 Å². The molecule has 20 heavy (non-hydrogen) atoms. The minimum Gasteiger partial charge on any atom is -0.398 e. The molecule has 0 spiro atoms. The summed E-state index contributed by atoms with van der Waals surface area (Å²) in [7, 11) is 0. The number of nitrogens with two attached hydrogens (primary N) is 1. The molecule has 0 saturated carbocycles. The molecular formula is C18H19NS. The van der Waals surface area contributed by atoms with Crippen LogP contribution in [0.1, 0.15) is 11.1 Å². The normalized spacial score (nSPS) is 9.95. The van der Waals surface area contributed by atoms with Crippen molar-refractivity contribution in [3.8, 4) is 0 Å². The Balaban J connectivity index is 0.000000151. The van der Waals surface area contributed by atoms with Crippen LogP contribution in [0.4, 0.5) is 5.69 Å². The van der Waals surface area contributed by atoms with Gasteiger partial charge in [-0.3, -0.25) is 0 Å². The minimum atomic E-state index is 0.850. The van der Waals surface area contributed by atoms with Crippen molar-refractivity contribution < 1.29 is 0 Å². The second-order valence-electron chi connectivity index (χ2n) is 4.91. The molecule has 3 rings (SSSR count). The molecule has 0 amide bonds. The molecule has 0 aliphatic carbocycles. The quantitative estimate of drug-likeness (QED) is 0.439. The Labute approximate surface area is 125 Å². The largest absolute Gasteiger partial charge is 0.398 e. The minimum absolute atomic E-state index is 0.850. The summed E-state index contributed by atoms with van der Waals surface area (Å²) in [6.45, 7) is 4.15. The lowest BCUT2D eigenvalue weighted by atomic mass is 10.1. The van der Waals surface area contributed by atoms with E-state index in [4.69, 9.17) is 5.73 Å². The average molecular weight is 281 g/mol. The molecule has 0 saturated heterocycles. The van der Waals surface area contributed by atoms with Gasteiger partial charge in [0.05, 0.1) is 0 Å². The number of aryl methyl sites for hydroxylation is 2. The summed E-state index contributed by atoms with van der Waals surface area (Å²) in [6, 6.07) is 20.3. The van der Waals surface area contributed by atoms with Gasteiger partial charge in [-0.2, -0.15) is 0 Å². The molecule has 3 aromatic carbocycles. The zero-order valence-corrected chi connectivity index (χ0v) is 12.7. The molecule has 0 aromatic heterocycles. The van der Waals surface area contributed by atoms with Crippen molar-refractivity contribution in [3.05, 3.63) is 71.8 Å². The molecule has 2 N–H and O–H groups in total. The first-order chi connectivity index (χ1) is 9.56. The fraction of sp³-hybridized carbons (Fsp3) is 0.111. The van der Waals surface area contributed by atoms with Crippen molar-refractivity contribution in [2.24, 2.45) is 0 Å². The highest BCUT2D eigenvalue weighted by atomic mass is 32.1. The number of thiol groups is 1. The molecule has 0 heterocycles. The van der Waals surface area contributed by atoms with E-state index >= 15 is 0 Å². The molecule has 0 fully saturated rings. The first-order valence-corrected chi connectivity index (χ1v) is 7.01. The molecule has 2 heteroatoms. The third-order valence-electron chi connectivity index (χ3n) is 3.03. The highest BCUT2D eigenvalue weighted by Crippen LogP contribution is 2.19. The maximum Gasteiger partial charge on any atom is 0.0393 e. The van der Waals surface area contributed by atoms with Crippen molar-refractivity contribution in [1.82, 2.24) is 0 Å². The Morgan fingerprint density at radius 1 is 0.800 bits per heavy atom. The van der Waals surface area contributed by atoms with Crippen molar-refractivity contribution in [2.75, 3.05) is 5.73 Å². The van der Waals surface area contributed by atoms with Crippen LogP contribution in [0.3, 0.4) is 0 Å². The van der Waals surface area contributed by atoms with Gasteiger partial charge in [-0.25, -0.2) is 0 Å². The first kappa shape index (κ1) is 14.5. The standard InChI is InChI=1S/C10H9N.C8H10S/c11-10-7-3-5-8-4-1-2-6-9(8)10;1-6-3-7(2)5-8(9)4-6/h1-7H,11H2;3-5,9H,1-2H3. The molecule has 3 aromatic rings. The number of nitrogen functional groups attached to an aromatic ring is 1. The molecule has 0 radical (unpaired) electrons. The van der Waals surface area contributed by atoms with Crippen molar-refractivity contribution in [3.63, 3.8) is 0 Å². The van der Waals surface area contributed by atoms with Gasteiger partial charge in [0.15, 0.2) is 0 Å². The zero-order valence-electron chi connectivity index (χ0n) is 11.8. The summed E-state index contributed by atoms with van der Waals surface area (Å²) in [5, 5.41) is 2.34. The lowest BCUT2D eigenvalue weighted by molar-refractivity contribution is 1.30. The van der Waals surface area contributed by atoms with Gasteiger partial charge >= 0.3 is 0 Å². The lowest BCUT2D eigenvalue weighted by Gasteiger charge is -1.98. The van der Waals surface area contributed by atoms with E-state index in [9.17, 15) is 0 Å². The van der Waals surface area contributed by atoms with Crippen LogP contribution >= 0.6 is 12.6 Å². The van der Waals surface area contributed by atoms with E-state index in [-0.39, 0.29) is 0 Å². The molecule has 0 unspecified atom stereocenters. The Hall–Kier alpha value is -1.93. The summed E-state index contributed by atoms with van der Waals surface area (Å²) in [6.07, 6.45) is 0. The molecule has 0 aliphatic heterocycles. The number of hydrogen-bond acceptors (Lipinski definition) is 2. The third-order valence-corrected chi connectivity index (χ3v) is 3.29. The van der Waals surface area contributed by atoms with E-state index in [1.165, 1.54) is 16.5 Å². The van der Waals surface area contributed by atoms with Crippen LogP contribution in [0.25, 0.3) is 10.8 Å². The lowest BCUT2D eigenvalue weighted by Crippen LogP contribution is -1.84. The summed E-state index contributed by atoms with van der Waals surface area (Å²) in [4.78, 5) is 1.05. The van der Waals surface area contributed by atoms with Gasteiger partial charge < -0.3 is 5.73 Å². The maximum absolute atomic E-state index is 5.76. The Morgan fingerprint density at radius 3 is 2.00 bits per heavy atom. The third kappa shape index (κ3) is 3.78. The van der Waals surface area contributed by atoms with E-state index in [0.717, 1.165) is 16.0 Å². The van der Waals surface area contributed by atoms with Crippen molar-refractivity contribution in [1.29, 1.82) is 0 Å². The summed E-state index contributed by atoms with van der Waals surface area (Å²) >= 11 is 4.22. The van der Waals surface area contributed by atoms with Crippen LogP contribution in [-0.4, -0.2) is 0 Å². The second-order valence-corrected chi connectivity index (χ2v) is 5.43. The van der Waals surface area contributed by atoms with E-state index in [2.05, 4.69) is 56.8 Å². The van der Waals surface area contributed by atoms with E-state index < -0.39 is 0 Å². The van der Waals surface area contributed by atoms with Gasteiger partial charge in [0.2, 0.25) is 0 Å². The molecule has 0 aliphatic rings. The first-order valence-electron chi connectivity index (χ1n) is 6.57. The number of rotatable bonds is 0.